The molecule has 2 aromatic rings. The molecule has 1 heterocycles. The van der Waals surface area contributed by atoms with Crippen molar-refractivity contribution >= 4 is 51.9 Å². The minimum Gasteiger partial charge on any atom is -0.497 e. The van der Waals surface area contributed by atoms with Crippen LogP contribution in [0.15, 0.2) is 52.4 Å². The van der Waals surface area contributed by atoms with E-state index in [9.17, 15) is 18.4 Å². The molecule has 0 saturated carbocycles. The van der Waals surface area contributed by atoms with E-state index >= 15 is 0 Å². The zero-order valence-electron chi connectivity index (χ0n) is 20.5. The second kappa shape index (κ2) is 13.0. The maximum absolute atomic E-state index is 13.3. The minimum atomic E-state index is -2.50. The fourth-order valence-electron chi connectivity index (χ4n) is 3.74. The summed E-state index contributed by atoms with van der Waals surface area (Å²) in [6.07, 6.45) is 1.60. The molecule has 2 amide bonds. The van der Waals surface area contributed by atoms with Crippen LogP contribution < -0.4 is 14.8 Å². The first-order chi connectivity index (χ1) is 17.2. The quantitative estimate of drug-likeness (QED) is 0.346. The Morgan fingerprint density at radius 2 is 1.92 bits per heavy atom. The standard InChI is InChI=1S/C25H29F2N3O4S2/c1-5-6-15(2)30-23(32)21(14-22(31)29-19-13-17(33-3)9-12-20(19)34-4)36-25(30)28-16-7-10-18(11-8-16)35-24(26)27/h7-13,15,21,24H,5-6,14H2,1-4H3,(H,29,31)/t15-,21-/m0/s1. The van der Waals surface area contributed by atoms with Crippen LogP contribution in [0, 0.1) is 0 Å². The lowest BCUT2D eigenvalue weighted by Gasteiger charge is -2.24. The number of rotatable bonds is 11. The van der Waals surface area contributed by atoms with Gasteiger partial charge in [-0.1, -0.05) is 36.9 Å². The summed E-state index contributed by atoms with van der Waals surface area (Å²) in [5.74, 6) is -1.99. The molecule has 0 spiro atoms. The Kier molecular flexibility index (Phi) is 10.0. The van der Waals surface area contributed by atoms with Gasteiger partial charge in [0.2, 0.25) is 11.8 Å². The summed E-state index contributed by atoms with van der Waals surface area (Å²) < 4.78 is 35.8. The van der Waals surface area contributed by atoms with Crippen LogP contribution in [0.5, 0.6) is 11.5 Å². The summed E-state index contributed by atoms with van der Waals surface area (Å²) in [4.78, 5) is 32.9. The Labute approximate surface area is 218 Å². The molecule has 0 unspecified atom stereocenters. The van der Waals surface area contributed by atoms with Crippen LogP contribution in [0.4, 0.5) is 20.2 Å². The van der Waals surface area contributed by atoms with E-state index in [0.717, 1.165) is 12.8 Å². The number of nitrogens with one attached hydrogen (secondary N) is 1. The molecular weight excluding hydrogens is 508 g/mol. The number of halogens is 2. The number of carbonyl (C=O) groups is 2. The van der Waals surface area contributed by atoms with Gasteiger partial charge < -0.3 is 14.8 Å². The maximum atomic E-state index is 13.3. The Hall–Kier alpha value is -2.79. The monoisotopic (exact) mass is 537 g/mol. The smallest absolute Gasteiger partial charge is 0.288 e. The molecule has 2 atom stereocenters. The first-order valence-corrected chi connectivity index (χ1v) is 13.2. The zero-order valence-corrected chi connectivity index (χ0v) is 22.1. The van der Waals surface area contributed by atoms with Gasteiger partial charge in [-0.2, -0.15) is 8.78 Å². The Balaban J connectivity index is 1.79. The highest BCUT2D eigenvalue weighted by molar-refractivity contribution is 8.15. The van der Waals surface area contributed by atoms with Gasteiger partial charge in [0, 0.05) is 23.4 Å². The van der Waals surface area contributed by atoms with E-state index in [0.29, 0.717) is 44.7 Å². The number of amidine groups is 1. The number of hydrogen-bond acceptors (Lipinski definition) is 7. The fraction of sp³-hybridized carbons (Fsp3) is 0.400. The van der Waals surface area contributed by atoms with Crippen molar-refractivity contribution in [1.82, 2.24) is 4.90 Å². The molecule has 0 radical (unpaired) electrons. The highest BCUT2D eigenvalue weighted by Crippen LogP contribution is 2.35. The minimum absolute atomic E-state index is 0.0534. The van der Waals surface area contributed by atoms with Crippen molar-refractivity contribution in [2.45, 2.75) is 55.1 Å². The molecule has 0 bridgehead atoms. The molecule has 194 valence electrons. The van der Waals surface area contributed by atoms with Gasteiger partial charge in [0.1, 0.15) is 16.7 Å². The fourth-order valence-corrected chi connectivity index (χ4v) is 5.48. The molecule has 11 heteroatoms. The topological polar surface area (TPSA) is 80.2 Å². The predicted octanol–water partition coefficient (Wildman–Crippen LogP) is 6.17. The second-order valence-corrected chi connectivity index (χ2v) is 10.3. The third-order valence-corrected chi connectivity index (χ3v) is 7.33. The van der Waals surface area contributed by atoms with Gasteiger partial charge in [-0.3, -0.25) is 14.5 Å². The van der Waals surface area contributed by atoms with E-state index in [1.807, 2.05) is 13.8 Å². The van der Waals surface area contributed by atoms with Gasteiger partial charge in [0.05, 0.1) is 25.6 Å². The van der Waals surface area contributed by atoms with Crippen molar-refractivity contribution in [1.29, 1.82) is 0 Å². The highest BCUT2D eigenvalue weighted by atomic mass is 32.2. The summed E-state index contributed by atoms with van der Waals surface area (Å²) in [6.45, 7) is 3.98. The number of benzene rings is 2. The number of nitrogens with zero attached hydrogens (tertiary/aromatic N) is 2. The number of amides is 2. The molecule has 7 nitrogen and oxygen atoms in total. The van der Waals surface area contributed by atoms with Crippen LogP contribution in [-0.4, -0.2) is 53.2 Å². The number of ether oxygens (including phenoxy) is 2. The lowest BCUT2D eigenvalue weighted by molar-refractivity contribution is -0.129. The number of alkyl halides is 2. The molecule has 3 rings (SSSR count). The molecular formula is C25H29F2N3O4S2. The molecule has 0 aromatic heterocycles. The SMILES string of the molecule is CCC[C@H](C)N1C(=O)[C@H](CC(=O)Nc2cc(OC)ccc2OC)SC1=Nc1ccc(SC(F)F)cc1. The number of carbonyl (C=O) groups excluding carboxylic acids is 2. The number of thioether (sulfide) groups is 2. The first kappa shape index (κ1) is 27.8. The van der Waals surface area contributed by atoms with Crippen molar-refractivity contribution in [2.75, 3.05) is 19.5 Å². The van der Waals surface area contributed by atoms with Crippen molar-refractivity contribution < 1.29 is 27.8 Å². The van der Waals surface area contributed by atoms with E-state index in [4.69, 9.17) is 9.47 Å². The number of hydrogen-bond donors (Lipinski definition) is 1. The molecule has 1 fully saturated rings. The summed E-state index contributed by atoms with van der Waals surface area (Å²) in [5, 5.41) is 2.66. The maximum Gasteiger partial charge on any atom is 0.288 e. The van der Waals surface area contributed by atoms with Gasteiger partial charge in [-0.25, -0.2) is 4.99 Å². The van der Waals surface area contributed by atoms with E-state index in [1.165, 1.54) is 26.0 Å². The average molecular weight is 538 g/mol. The third kappa shape index (κ3) is 7.13. The van der Waals surface area contributed by atoms with Crippen LogP contribution >= 0.6 is 23.5 Å². The van der Waals surface area contributed by atoms with Crippen LogP contribution in [0.25, 0.3) is 0 Å². The third-order valence-electron chi connectivity index (χ3n) is 5.45. The predicted molar refractivity (Wildman–Crippen MR) is 141 cm³/mol. The van der Waals surface area contributed by atoms with E-state index in [2.05, 4.69) is 10.3 Å². The summed E-state index contributed by atoms with van der Waals surface area (Å²) in [6, 6.07) is 11.4. The van der Waals surface area contributed by atoms with Gasteiger partial charge in [-0.05, 0) is 49.7 Å². The van der Waals surface area contributed by atoms with Crippen molar-refractivity contribution in [3.8, 4) is 11.5 Å². The molecule has 2 aromatic carbocycles. The summed E-state index contributed by atoms with van der Waals surface area (Å²) >= 11 is 1.69. The van der Waals surface area contributed by atoms with E-state index in [-0.39, 0.29) is 24.3 Å². The molecule has 1 N–H and O–H groups in total. The molecule has 36 heavy (non-hydrogen) atoms. The van der Waals surface area contributed by atoms with Crippen LogP contribution in [-0.2, 0) is 9.59 Å². The summed E-state index contributed by atoms with van der Waals surface area (Å²) in [7, 11) is 3.03. The van der Waals surface area contributed by atoms with Crippen molar-refractivity contribution in [3.05, 3.63) is 42.5 Å². The highest BCUT2D eigenvalue weighted by Gasteiger charge is 2.41. The van der Waals surface area contributed by atoms with Gasteiger partial charge in [0.15, 0.2) is 5.17 Å². The number of anilines is 1. The van der Waals surface area contributed by atoms with Crippen LogP contribution in [0.1, 0.15) is 33.1 Å². The summed E-state index contributed by atoms with van der Waals surface area (Å²) in [5.41, 5.74) is 0.994. The van der Waals surface area contributed by atoms with Gasteiger partial charge in [-0.15, -0.1) is 0 Å². The lowest BCUT2D eigenvalue weighted by atomic mass is 10.1. The van der Waals surface area contributed by atoms with E-state index < -0.39 is 11.0 Å². The van der Waals surface area contributed by atoms with Crippen molar-refractivity contribution in [2.24, 2.45) is 4.99 Å². The number of aliphatic imine (C=N–C) groups is 1. The molecule has 0 aliphatic carbocycles. The average Bonchev–Trinajstić information content (AvgIpc) is 3.14. The normalized spacial score (nSPS) is 17.5. The Morgan fingerprint density at radius 1 is 1.19 bits per heavy atom. The van der Waals surface area contributed by atoms with Crippen LogP contribution in [0.3, 0.4) is 0 Å². The first-order valence-electron chi connectivity index (χ1n) is 11.4. The molecule has 1 aliphatic heterocycles. The van der Waals surface area contributed by atoms with Gasteiger partial charge >= 0.3 is 0 Å². The van der Waals surface area contributed by atoms with E-state index in [1.54, 1.807) is 47.4 Å². The van der Waals surface area contributed by atoms with Gasteiger partial charge in [0.25, 0.3) is 5.76 Å². The zero-order chi connectivity index (χ0) is 26.2. The molecule has 1 saturated heterocycles. The molecule has 1 aliphatic rings. The van der Waals surface area contributed by atoms with Crippen molar-refractivity contribution in [3.63, 3.8) is 0 Å². The lowest BCUT2D eigenvalue weighted by Crippen LogP contribution is -2.40. The second-order valence-electron chi connectivity index (χ2n) is 8.04. The van der Waals surface area contributed by atoms with Crippen LogP contribution in [0.2, 0.25) is 0 Å². The Bertz CT molecular complexity index is 1100. The number of methoxy groups -OCH3 is 2. The largest absolute Gasteiger partial charge is 0.497 e. The Morgan fingerprint density at radius 3 is 2.53 bits per heavy atom.